The number of benzene rings is 1. The van der Waals surface area contributed by atoms with E-state index in [1.165, 1.54) is 20.0 Å². The largest absolute Gasteiger partial charge is 0.495 e. The third-order valence-corrected chi connectivity index (χ3v) is 3.58. The Balaban J connectivity index is 2.04. The highest BCUT2D eigenvalue weighted by Crippen LogP contribution is 2.40. The maximum atomic E-state index is 11.4. The van der Waals surface area contributed by atoms with E-state index in [1.54, 1.807) is 12.1 Å². The number of methoxy groups -OCH3 is 1. The van der Waals surface area contributed by atoms with Gasteiger partial charge in [-0.15, -0.1) is 0 Å². The fourth-order valence-electron chi connectivity index (χ4n) is 2.36. The fourth-order valence-corrected chi connectivity index (χ4v) is 2.36. The first-order chi connectivity index (χ1) is 9.70. The molecule has 1 fully saturated rings. The summed E-state index contributed by atoms with van der Waals surface area (Å²) < 4.78 is 5.35. The van der Waals surface area contributed by atoms with Gasteiger partial charge in [0.1, 0.15) is 5.75 Å². The Bertz CT molecular complexity index is 646. The molecule has 20 heavy (non-hydrogen) atoms. The number of hydrogen-bond donors (Lipinski definition) is 1. The van der Waals surface area contributed by atoms with Crippen molar-refractivity contribution in [3.8, 4) is 16.9 Å². The van der Waals surface area contributed by atoms with Crippen LogP contribution in [0.25, 0.3) is 11.1 Å². The molecule has 1 saturated carbocycles. The van der Waals surface area contributed by atoms with Gasteiger partial charge in [0.15, 0.2) is 0 Å². The zero-order valence-electron chi connectivity index (χ0n) is 11.3. The molecule has 102 valence electrons. The van der Waals surface area contributed by atoms with Crippen LogP contribution >= 0.6 is 0 Å². The Labute approximate surface area is 117 Å². The van der Waals surface area contributed by atoms with Crippen LogP contribution in [0.3, 0.4) is 0 Å². The number of nitrogens with zero attached hydrogens (tertiary/aromatic N) is 1. The molecule has 0 spiro atoms. The van der Waals surface area contributed by atoms with Crippen LogP contribution in [-0.2, 0) is 0 Å². The van der Waals surface area contributed by atoms with Crippen LogP contribution in [-0.4, -0.2) is 18.0 Å². The number of para-hydroxylation sites is 1. The number of rotatable bonds is 4. The highest BCUT2D eigenvalue weighted by Gasteiger charge is 2.24. The second-order valence-corrected chi connectivity index (χ2v) is 5.00. The van der Waals surface area contributed by atoms with Gasteiger partial charge in [-0.3, -0.25) is 9.78 Å². The molecule has 1 aromatic carbocycles. The summed E-state index contributed by atoms with van der Waals surface area (Å²) in [4.78, 5) is 15.9. The number of hydrogen-bond acceptors (Lipinski definition) is 3. The van der Waals surface area contributed by atoms with E-state index in [9.17, 15) is 4.79 Å². The number of pyridine rings is 1. The molecule has 0 bridgehead atoms. The standard InChI is InChI=1S/C16H16N2O2/c1-20-15-12(3-2-4-13(15)16(17)19)11-7-8-14(18-9-11)10-5-6-10/h2-4,7-10H,5-6H2,1H3,(H2,17,19). The van der Waals surface area contributed by atoms with E-state index in [-0.39, 0.29) is 0 Å². The number of carbonyl (C=O) groups is 1. The van der Waals surface area contributed by atoms with E-state index < -0.39 is 5.91 Å². The predicted molar refractivity (Wildman–Crippen MR) is 76.7 cm³/mol. The van der Waals surface area contributed by atoms with E-state index >= 15 is 0 Å². The van der Waals surface area contributed by atoms with Crippen molar-refractivity contribution in [1.82, 2.24) is 4.98 Å². The molecule has 1 heterocycles. The lowest BCUT2D eigenvalue weighted by Crippen LogP contribution is -2.12. The second kappa shape index (κ2) is 4.96. The average Bonchev–Trinajstić information content (AvgIpc) is 3.31. The van der Waals surface area contributed by atoms with Crippen LogP contribution in [0.15, 0.2) is 36.5 Å². The Morgan fingerprint density at radius 3 is 2.65 bits per heavy atom. The molecule has 1 aliphatic rings. The molecule has 0 atom stereocenters. The van der Waals surface area contributed by atoms with Crippen LogP contribution in [0.4, 0.5) is 0 Å². The lowest BCUT2D eigenvalue weighted by molar-refractivity contribution is 0.0997. The number of ether oxygens (including phenoxy) is 1. The van der Waals surface area contributed by atoms with Gasteiger partial charge in [0.05, 0.1) is 12.7 Å². The molecule has 3 rings (SSSR count). The van der Waals surface area contributed by atoms with E-state index in [4.69, 9.17) is 10.5 Å². The van der Waals surface area contributed by atoms with Crippen molar-refractivity contribution in [2.24, 2.45) is 5.73 Å². The zero-order valence-corrected chi connectivity index (χ0v) is 11.3. The van der Waals surface area contributed by atoms with Crippen LogP contribution in [0, 0.1) is 0 Å². The van der Waals surface area contributed by atoms with Crippen molar-refractivity contribution < 1.29 is 9.53 Å². The first-order valence-corrected chi connectivity index (χ1v) is 6.64. The van der Waals surface area contributed by atoms with Crippen molar-refractivity contribution in [2.75, 3.05) is 7.11 Å². The molecule has 2 aromatic rings. The van der Waals surface area contributed by atoms with Crippen molar-refractivity contribution in [2.45, 2.75) is 18.8 Å². The summed E-state index contributed by atoms with van der Waals surface area (Å²) in [6, 6.07) is 9.43. The maximum absolute atomic E-state index is 11.4. The van der Waals surface area contributed by atoms with Crippen molar-refractivity contribution in [1.29, 1.82) is 0 Å². The molecule has 2 N–H and O–H groups in total. The number of nitrogens with two attached hydrogens (primary N) is 1. The van der Waals surface area contributed by atoms with Crippen LogP contribution < -0.4 is 10.5 Å². The van der Waals surface area contributed by atoms with Crippen LogP contribution in [0.2, 0.25) is 0 Å². The number of carbonyl (C=O) groups excluding carboxylic acids is 1. The van der Waals surface area contributed by atoms with Gasteiger partial charge in [-0.05, 0) is 25.0 Å². The number of amides is 1. The van der Waals surface area contributed by atoms with E-state index in [1.807, 2.05) is 24.4 Å². The molecule has 0 radical (unpaired) electrons. The second-order valence-electron chi connectivity index (χ2n) is 5.00. The smallest absolute Gasteiger partial charge is 0.252 e. The van der Waals surface area contributed by atoms with Gasteiger partial charge in [0.25, 0.3) is 5.91 Å². The topological polar surface area (TPSA) is 65.2 Å². The average molecular weight is 268 g/mol. The molecule has 0 saturated heterocycles. The summed E-state index contributed by atoms with van der Waals surface area (Å²) >= 11 is 0. The molecule has 4 nitrogen and oxygen atoms in total. The van der Waals surface area contributed by atoms with E-state index in [0.29, 0.717) is 17.2 Å². The Morgan fingerprint density at radius 1 is 1.30 bits per heavy atom. The van der Waals surface area contributed by atoms with Gasteiger partial charge in [0, 0.05) is 28.9 Å². The molecule has 0 aliphatic heterocycles. The SMILES string of the molecule is COc1c(C(N)=O)cccc1-c1ccc(C2CC2)nc1. The summed E-state index contributed by atoms with van der Waals surface area (Å²) in [6.45, 7) is 0. The van der Waals surface area contributed by atoms with Crippen molar-refractivity contribution in [3.63, 3.8) is 0 Å². The van der Waals surface area contributed by atoms with Gasteiger partial charge >= 0.3 is 0 Å². The molecule has 1 aliphatic carbocycles. The number of primary amides is 1. The van der Waals surface area contributed by atoms with Gasteiger partial charge in [0.2, 0.25) is 0 Å². The lowest BCUT2D eigenvalue weighted by atomic mass is 10.0. The zero-order chi connectivity index (χ0) is 14.1. The predicted octanol–water partition coefficient (Wildman–Crippen LogP) is 2.73. The molecule has 0 unspecified atom stereocenters. The third kappa shape index (κ3) is 2.25. The quantitative estimate of drug-likeness (QED) is 0.927. The van der Waals surface area contributed by atoms with Crippen LogP contribution in [0.1, 0.15) is 34.8 Å². The summed E-state index contributed by atoms with van der Waals surface area (Å²) in [5.41, 5.74) is 8.66. The summed E-state index contributed by atoms with van der Waals surface area (Å²) in [6.07, 6.45) is 4.29. The summed E-state index contributed by atoms with van der Waals surface area (Å²) in [5, 5.41) is 0. The first kappa shape index (κ1) is 12.7. The Kier molecular flexibility index (Phi) is 3.14. The minimum Gasteiger partial charge on any atom is -0.495 e. The Hall–Kier alpha value is -2.36. The number of aromatic nitrogens is 1. The normalized spacial score (nSPS) is 14.1. The van der Waals surface area contributed by atoms with Crippen LogP contribution in [0.5, 0.6) is 5.75 Å². The maximum Gasteiger partial charge on any atom is 0.252 e. The van der Waals surface area contributed by atoms with Gasteiger partial charge in [-0.1, -0.05) is 18.2 Å². The van der Waals surface area contributed by atoms with Gasteiger partial charge in [-0.25, -0.2) is 0 Å². The Morgan fingerprint density at radius 2 is 2.10 bits per heavy atom. The highest BCUT2D eigenvalue weighted by molar-refractivity contribution is 5.98. The first-order valence-electron chi connectivity index (χ1n) is 6.64. The lowest BCUT2D eigenvalue weighted by Gasteiger charge is -2.12. The summed E-state index contributed by atoms with van der Waals surface area (Å²) in [5.74, 6) is 0.634. The van der Waals surface area contributed by atoms with Crippen molar-refractivity contribution in [3.05, 3.63) is 47.8 Å². The molecule has 4 heteroatoms. The monoisotopic (exact) mass is 268 g/mol. The van der Waals surface area contributed by atoms with Crippen molar-refractivity contribution >= 4 is 5.91 Å². The summed E-state index contributed by atoms with van der Waals surface area (Å²) in [7, 11) is 1.54. The van der Waals surface area contributed by atoms with E-state index in [0.717, 1.165) is 16.8 Å². The minimum atomic E-state index is -0.494. The van der Waals surface area contributed by atoms with Gasteiger partial charge < -0.3 is 10.5 Å². The fraction of sp³-hybridized carbons (Fsp3) is 0.250. The van der Waals surface area contributed by atoms with Gasteiger partial charge in [-0.2, -0.15) is 0 Å². The minimum absolute atomic E-state index is 0.385. The van der Waals surface area contributed by atoms with E-state index in [2.05, 4.69) is 4.98 Å². The molecular weight excluding hydrogens is 252 g/mol. The highest BCUT2D eigenvalue weighted by atomic mass is 16.5. The third-order valence-electron chi connectivity index (χ3n) is 3.58. The molecular formula is C16H16N2O2. The molecule has 1 aromatic heterocycles. The molecule has 1 amide bonds.